The molecule has 1 heterocycles. The van der Waals surface area contributed by atoms with E-state index in [1.54, 1.807) is 0 Å². The number of rotatable bonds is 4. The SMILES string of the molecule is O=C(CN1C(=O)C2CCCCC2C1=O)OCC1CC=CCC1. The number of fused-ring (bicyclic) bond motifs is 1. The average Bonchev–Trinajstić information content (AvgIpc) is 2.79. The minimum atomic E-state index is -0.463. The molecule has 0 aromatic heterocycles. The minimum Gasteiger partial charge on any atom is -0.464 e. The third-order valence-corrected chi connectivity index (χ3v) is 5.08. The Morgan fingerprint density at radius 1 is 1.09 bits per heavy atom. The van der Waals surface area contributed by atoms with Crippen LogP contribution >= 0.6 is 0 Å². The first-order valence-corrected chi connectivity index (χ1v) is 8.32. The summed E-state index contributed by atoms with van der Waals surface area (Å²) in [6.07, 6.45) is 10.8. The molecule has 3 aliphatic rings. The summed E-state index contributed by atoms with van der Waals surface area (Å²) in [4.78, 5) is 37.6. The third kappa shape index (κ3) is 3.08. The number of ether oxygens (including phenoxy) is 1. The number of nitrogens with zero attached hydrogens (tertiary/aromatic N) is 1. The lowest BCUT2D eigenvalue weighted by Crippen LogP contribution is -2.37. The molecule has 2 aliphatic carbocycles. The molecule has 0 radical (unpaired) electrons. The van der Waals surface area contributed by atoms with Crippen LogP contribution in [0.3, 0.4) is 0 Å². The standard InChI is InChI=1S/C17H23NO4/c19-15(22-11-12-6-2-1-3-7-12)10-18-16(20)13-8-4-5-9-14(13)17(18)21/h1-2,12-14H,3-11H2. The molecule has 0 aromatic carbocycles. The summed E-state index contributed by atoms with van der Waals surface area (Å²) in [6.45, 7) is 0.166. The second-order valence-electron chi connectivity index (χ2n) is 6.59. The van der Waals surface area contributed by atoms with Gasteiger partial charge in [-0.15, -0.1) is 0 Å². The summed E-state index contributed by atoms with van der Waals surface area (Å²) >= 11 is 0. The fourth-order valence-corrected chi connectivity index (χ4v) is 3.78. The van der Waals surface area contributed by atoms with E-state index in [-0.39, 0.29) is 30.2 Å². The predicted octanol–water partition coefficient (Wildman–Crippen LogP) is 2.06. The summed E-state index contributed by atoms with van der Waals surface area (Å²) in [7, 11) is 0. The molecule has 120 valence electrons. The van der Waals surface area contributed by atoms with E-state index >= 15 is 0 Å². The number of likely N-dealkylation sites (tertiary alicyclic amines) is 1. The molecule has 0 spiro atoms. The predicted molar refractivity (Wildman–Crippen MR) is 79.6 cm³/mol. The lowest BCUT2D eigenvalue weighted by molar-refractivity contribution is -0.153. The molecule has 2 amide bonds. The van der Waals surface area contributed by atoms with E-state index in [9.17, 15) is 14.4 Å². The second-order valence-corrected chi connectivity index (χ2v) is 6.59. The zero-order valence-electron chi connectivity index (χ0n) is 12.8. The first-order chi connectivity index (χ1) is 10.7. The molecule has 5 nitrogen and oxygen atoms in total. The molecular formula is C17H23NO4. The van der Waals surface area contributed by atoms with Crippen LogP contribution in [0.25, 0.3) is 0 Å². The molecule has 0 N–H and O–H groups in total. The normalized spacial score (nSPS) is 31.3. The van der Waals surface area contributed by atoms with Crippen molar-refractivity contribution in [2.75, 3.05) is 13.2 Å². The van der Waals surface area contributed by atoms with Gasteiger partial charge in [0.1, 0.15) is 6.54 Å². The van der Waals surface area contributed by atoms with Gasteiger partial charge in [-0.25, -0.2) is 0 Å². The highest BCUT2D eigenvalue weighted by molar-refractivity contribution is 6.07. The molecule has 1 saturated carbocycles. The highest BCUT2D eigenvalue weighted by atomic mass is 16.5. The van der Waals surface area contributed by atoms with E-state index in [2.05, 4.69) is 12.2 Å². The van der Waals surface area contributed by atoms with E-state index in [0.29, 0.717) is 12.5 Å². The number of hydrogen-bond donors (Lipinski definition) is 0. The maximum Gasteiger partial charge on any atom is 0.326 e. The van der Waals surface area contributed by atoms with Crippen molar-refractivity contribution in [2.45, 2.75) is 44.9 Å². The maximum absolute atomic E-state index is 12.3. The van der Waals surface area contributed by atoms with Gasteiger partial charge in [-0.2, -0.15) is 0 Å². The summed E-state index contributed by atoms with van der Waals surface area (Å²) in [5.41, 5.74) is 0. The Balaban J connectivity index is 1.51. The number of amides is 2. The molecule has 3 atom stereocenters. The van der Waals surface area contributed by atoms with Crippen LogP contribution in [-0.2, 0) is 19.1 Å². The van der Waals surface area contributed by atoms with Crippen molar-refractivity contribution in [1.29, 1.82) is 0 Å². The van der Waals surface area contributed by atoms with Crippen molar-refractivity contribution in [3.8, 4) is 0 Å². The smallest absolute Gasteiger partial charge is 0.326 e. The number of carbonyl (C=O) groups excluding carboxylic acids is 3. The molecule has 22 heavy (non-hydrogen) atoms. The number of allylic oxidation sites excluding steroid dienone is 2. The molecular weight excluding hydrogens is 282 g/mol. The highest BCUT2D eigenvalue weighted by Crippen LogP contribution is 2.37. The zero-order valence-corrected chi connectivity index (χ0v) is 12.8. The van der Waals surface area contributed by atoms with Gasteiger partial charge >= 0.3 is 5.97 Å². The average molecular weight is 305 g/mol. The Morgan fingerprint density at radius 2 is 1.77 bits per heavy atom. The third-order valence-electron chi connectivity index (χ3n) is 5.08. The van der Waals surface area contributed by atoms with E-state index in [4.69, 9.17) is 4.74 Å². The van der Waals surface area contributed by atoms with E-state index in [0.717, 1.165) is 49.8 Å². The van der Waals surface area contributed by atoms with Gasteiger partial charge in [0.15, 0.2) is 0 Å². The van der Waals surface area contributed by atoms with Crippen molar-refractivity contribution >= 4 is 17.8 Å². The lowest BCUT2D eigenvalue weighted by Gasteiger charge is -2.19. The second kappa shape index (κ2) is 6.63. The maximum atomic E-state index is 12.3. The molecule has 5 heteroatoms. The van der Waals surface area contributed by atoms with Crippen molar-refractivity contribution in [2.24, 2.45) is 17.8 Å². The Morgan fingerprint density at radius 3 is 2.36 bits per heavy atom. The molecule has 3 unspecified atom stereocenters. The molecule has 1 saturated heterocycles. The Kier molecular flexibility index (Phi) is 4.60. The van der Waals surface area contributed by atoms with Crippen molar-refractivity contribution < 1.29 is 19.1 Å². The van der Waals surface area contributed by atoms with Crippen LogP contribution in [0.2, 0.25) is 0 Å². The van der Waals surface area contributed by atoms with Crippen LogP contribution in [0.4, 0.5) is 0 Å². The van der Waals surface area contributed by atoms with Gasteiger partial charge in [0.05, 0.1) is 18.4 Å². The number of imide groups is 1. The summed E-state index contributed by atoms with van der Waals surface area (Å²) in [6, 6.07) is 0. The van der Waals surface area contributed by atoms with Crippen LogP contribution in [0.15, 0.2) is 12.2 Å². The van der Waals surface area contributed by atoms with Crippen LogP contribution < -0.4 is 0 Å². The summed E-state index contributed by atoms with van der Waals surface area (Å²) in [5, 5.41) is 0. The van der Waals surface area contributed by atoms with Gasteiger partial charge in [0, 0.05) is 0 Å². The fourth-order valence-electron chi connectivity index (χ4n) is 3.78. The van der Waals surface area contributed by atoms with Crippen molar-refractivity contribution in [1.82, 2.24) is 4.90 Å². The van der Waals surface area contributed by atoms with Gasteiger partial charge in [0.25, 0.3) is 0 Å². The fraction of sp³-hybridized carbons (Fsp3) is 0.706. The van der Waals surface area contributed by atoms with Crippen molar-refractivity contribution in [3.05, 3.63) is 12.2 Å². The summed E-state index contributed by atoms with van der Waals surface area (Å²) < 4.78 is 5.27. The van der Waals surface area contributed by atoms with Crippen LogP contribution in [0, 0.1) is 17.8 Å². The topological polar surface area (TPSA) is 63.7 Å². The van der Waals surface area contributed by atoms with Crippen LogP contribution in [0.5, 0.6) is 0 Å². The van der Waals surface area contributed by atoms with Gasteiger partial charge in [-0.1, -0.05) is 25.0 Å². The van der Waals surface area contributed by atoms with Gasteiger partial charge in [0.2, 0.25) is 11.8 Å². The number of carbonyl (C=O) groups is 3. The lowest BCUT2D eigenvalue weighted by atomic mass is 9.81. The number of hydrogen-bond acceptors (Lipinski definition) is 4. The highest BCUT2D eigenvalue weighted by Gasteiger charge is 2.48. The van der Waals surface area contributed by atoms with Crippen LogP contribution in [0.1, 0.15) is 44.9 Å². The van der Waals surface area contributed by atoms with Crippen LogP contribution in [-0.4, -0.2) is 35.8 Å². The van der Waals surface area contributed by atoms with Gasteiger partial charge in [-0.3, -0.25) is 19.3 Å². The van der Waals surface area contributed by atoms with E-state index in [1.165, 1.54) is 0 Å². The molecule has 3 rings (SSSR count). The Labute approximate surface area is 130 Å². The molecule has 0 bridgehead atoms. The first kappa shape index (κ1) is 15.3. The quantitative estimate of drug-likeness (QED) is 0.453. The van der Waals surface area contributed by atoms with E-state index < -0.39 is 5.97 Å². The molecule has 0 aromatic rings. The Hall–Kier alpha value is -1.65. The molecule has 1 aliphatic heterocycles. The first-order valence-electron chi connectivity index (χ1n) is 8.32. The van der Waals surface area contributed by atoms with E-state index in [1.807, 2.05) is 0 Å². The number of esters is 1. The molecule has 2 fully saturated rings. The zero-order chi connectivity index (χ0) is 15.5. The summed E-state index contributed by atoms with van der Waals surface area (Å²) in [5.74, 6) is -0.842. The Bertz CT molecular complexity index is 475. The monoisotopic (exact) mass is 305 g/mol. The van der Waals surface area contributed by atoms with Gasteiger partial charge in [-0.05, 0) is 38.0 Å². The van der Waals surface area contributed by atoms with Crippen molar-refractivity contribution in [3.63, 3.8) is 0 Å². The largest absolute Gasteiger partial charge is 0.464 e. The minimum absolute atomic E-state index is 0.174. The van der Waals surface area contributed by atoms with Gasteiger partial charge < -0.3 is 4.74 Å².